The van der Waals surface area contributed by atoms with Crippen LogP contribution >= 0.6 is 11.6 Å². The summed E-state index contributed by atoms with van der Waals surface area (Å²) in [6, 6.07) is 4.24. The maximum absolute atomic E-state index is 12.1. The van der Waals surface area contributed by atoms with E-state index >= 15 is 0 Å². The number of benzene rings is 1. The fourth-order valence-corrected chi connectivity index (χ4v) is 2.18. The summed E-state index contributed by atoms with van der Waals surface area (Å²) in [7, 11) is 0. The molecule has 0 spiro atoms. The maximum Gasteiger partial charge on any atom is 0.252 e. The molecule has 0 aliphatic carbocycles. The van der Waals surface area contributed by atoms with Crippen molar-refractivity contribution in [2.45, 2.75) is 25.8 Å². The summed E-state index contributed by atoms with van der Waals surface area (Å²) in [6.07, 6.45) is 0.555. The molecule has 1 aliphatic heterocycles. The van der Waals surface area contributed by atoms with Crippen molar-refractivity contribution in [3.63, 3.8) is 0 Å². The summed E-state index contributed by atoms with van der Waals surface area (Å²) >= 11 is 5.82. The van der Waals surface area contributed by atoms with Crippen LogP contribution in [0.5, 0.6) is 0 Å². The molecule has 1 fully saturated rings. The molecular weight excluding hydrogens is 268 g/mol. The molecule has 2 N–H and O–H groups in total. The van der Waals surface area contributed by atoms with Crippen LogP contribution in [0.15, 0.2) is 18.2 Å². The van der Waals surface area contributed by atoms with Crippen LogP contribution in [0.25, 0.3) is 0 Å². The monoisotopic (exact) mass is 280 g/mol. The van der Waals surface area contributed by atoms with Gasteiger partial charge in [-0.25, -0.2) is 0 Å². The van der Waals surface area contributed by atoms with E-state index in [4.69, 9.17) is 11.6 Å². The van der Waals surface area contributed by atoms with Gasteiger partial charge in [0.05, 0.1) is 0 Å². The Hall–Kier alpha value is -1.88. The number of imide groups is 1. The molecule has 0 bridgehead atoms. The van der Waals surface area contributed by atoms with Gasteiger partial charge < -0.3 is 5.32 Å². The second-order valence-electron chi connectivity index (χ2n) is 4.44. The lowest BCUT2D eigenvalue weighted by molar-refractivity contribution is -0.134. The molecule has 5 nitrogen and oxygen atoms in total. The summed E-state index contributed by atoms with van der Waals surface area (Å²) < 4.78 is 0. The number of amides is 3. The largest absolute Gasteiger partial charge is 0.340 e. The van der Waals surface area contributed by atoms with Crippen molar-refractivity contribution in [3.8, 4) is 0 Å². The number of rotatable bonds is 2. The van der Waals surface area contributed by atoms with Gasteiger partial charge in [-0.3, -0.25) is 19.7 Å². The van der Waals surface area contributed by atoms with E-state index in [1.165, 1.54) is 0 Å². The lowest BCUT2D eigenvalue weighted by Crippen LogP contribution is -2.52. The summed E-state index contributed by atoms with van der Waals surface area (Å²) in [5.41, 5.74) is 1.20. The van der Waals surface area contributed by atoms with Gasteiger partial charge in [-0.1, -0.05) is 11.6 Å². The fourth-order valence-electron chi connectivity index (χ4n) is 1.95. The summed E-state index contributed by atoms with van der Waals surface area (Å²) in [6.45, 7) is 1.77. The number of hydrogen-bond donors (Lipinski definition) is 2. The molecule has 1 unspecified atom stereocenters. The zero-order valence-corrected chi connectivity index (χ0v) is 11.1. The average molecular weight is 281 g/mol. The lowest BCUT2D eigenvalue weighted by Gasteiger charge is -2.22. The Balaban J connectivity index is 2.09. The van der Waals surface area contributed by atoms with Crippen LogP contribution in [-0.2, 0) is 9.59 Å². The van der Waals surface area contributed by atoms with Crippen molar-refractivity contribution in [2.24, 2.45) is 0 Å². The first-order valence-electron chi connectivity index (χ1n) is 5.88. The summed E-state index contributed by atoms with van der Waals surface area (Å²) in [5, 5.41) is 5.37. The van der Waals surface area contributed by atoms with Crippen LogP contribution in [0.2, 0.25) is 5.02 Å². The Bertz CT molecular complexity index is 557. The average Bonchev–Trinajstić information content (AvgIpc) is 2.32. The van der Waals surface area contributed by atoms with E-state index in [0.717, 1.165) is 5.56 Å². The highest BCUT2D eigenvalue weighted by Crippen LogP contribution is 2.15. The van der Waals surface area contributed by atoms with Gasteiger partial charge in [0.15, 0.2) is 0 Å². The zero-order chi connectivity index (χ0) is 14.0. The predicted octanol–water partition coefficient (Wildman–Crippen LogP) is 1.18. The van der Waals surface area contributed by atoms with Crippen LogP contribution in [0.1, 0.15) is 28.8 Å². The smallest absolute Gasteiger partial charge is 0.252 e. The first kappa shape index (κ1) is 13.5. The highest BCUT2D eigenvalue weighted by Gasteiger charge is 2.28. The molecule has 3 amide bonds. The molecule has 0 radical (unpaired) electrons. The fraction of sp³-hybridized carbons (Fsp3) is 0.308. The molecule has 1 aromatic rings. The quantitative estimate of drug-likeness (QED) is 0.799. The number of piperidine rings is 1. The SMILES string of the molecule is Cc1cc(Cl)ccc1C(=O)NC1CCC(=O)NC1=O. The minimum absolute atomic E-state index is 0.232. The van der Waals surface area contributed by atoms with Crippen LogP contribution in [0, 0.1) is 6.92 Å². The highest BCUT2D eigenvalue weighted by atomic mass is 35.5. The molecule has 0 aromatic heterocycles. The van der Waals surface area contributed by atoms with E-state index < -0.39 is 11.9 Å². The minimum atomic E-state index is -0.666. The molecule has 6 heteroatoms. The van der Waals surface area contributed by atoms with Crippen molar-refractivity contribution < 1.29 is 14.4 Å². The van der Waals surface area contributed by atoms with Crippen molar-refractivity contribution in [1.82, 2.24) is 10.6 Å². The standard InChI is InChI=1S/C13H13ClN2O3/c1-7-6-8(14)2-3-9(7)12(18)15-10-4-5-11(17)16-13(10)19/h2-3,6,10H,4-5H2,1H3,(H,15,18)(H,16,17,19). The van der Waals surface area contributed by atoms with Crippen molar-refractivity contribution in [3.05, 3.63) is 34.3 Å². The van der Waals surface area contributed by atoms with E-state index in [-0.39, 0.29) is 18.2 Å². The van der Waals surface area contributed by atoms with E-state index in [9.17, 15) is 14.4 Å². The number of aryl methyl sites for hydroxylation is 1. The van der Waals surface area contributed by atoms with Crippen LogP contribution in [0.3, 0.4) is 0 Å². The second-order valence-corrected chi connectivity index (χ2v) is 4.87. The maximum atomic E-state index is 12.1. The number of nitrogens with one attached hydrogen (secondary N) is 2. The number of carbonyl (C=O) groups is 3. The van der Waals surface area contributed by atoms with Crippen LogP contribution < -0.4 is 10.6 Å². The van der Waals surface area contributed by atoms with E-state index in [1.54, 1.807) is 25.1 Å². The normalized spacial score (nSPS) is 18.9. The molecule has 1 saturated heterocycles. The van der Waals surface area contributed by atoms with Gasteiger partial charge in [-0.05, 0) is 37.1 Å². The molecule has 0 saturated carbocycles. The molecule has 100 valence electrons. The van der Waals surface area contributed by atoms with Crippen molar-refractivity contribution in [1.29, 1.82) is 0 Å². The van der Waals surface area contributed by atoms with Crippen LogP contribution in [-0.4, -0.2) is 23.8 Å². The molecule has 1 atom stereocenters. The van der Waals surface area contributed by atoms with Gasteiger partial charge in [0.25, 0.3) is 5.91 Å². The third-order valence-electron chi connectivity index (χ3n) is 2.98. The molecule has 2 rings (SSSR count). The number of halogens is 1. The van der Waals surface area contributed by atoms with Gasteiger partial charge >= 0.3 is 0 Å². The molecule has 1 heterocycles. The Kier molecular flexibility index (Phi) is 3.85. The zero-order valence-electron chi connectivity index (χ0n) is 10.3. The van der Waals surface area contributed by atoms with E-state index in [1.807, 2.05) is 0 Å². The first-order chi connectivity index (χ1) is 8.97. The van der Waals surface area contributed by atoms with E-state index in [2.05, 4.69) is 10.6 Å². The summed E-state index contributed by atoms with van der Waals surface area (Å²) in [5.74, 6) is -1.11. The molecule has 1 aliphatic rings. The minimum Gasteiger partial charge on any atom is -0.340 e. The third-order valence-corrected chi connectivity index (χ3v) is 3.21. The summed E-state index contributed by atoms with van der Waals surface area (Å²) in [4.78, 5) is 34.6. The Morgan fingerprint density at radius 3 is 2.79 bits per heavy atom. The third kappa shape index (κ3) is 3.12. The Morgan fingerprint density at radius 1 is 1.42 bits per heavy atom. The van der Waals surface area contributed by atoms with E-state index in [0.29, 0.717) is 17.0 Å². The Morgan fingerprint density at radius 2 is 2.16 bits per heavy atom. The lowest BCUT2D eigenvalue weighted by atomic mass is 10.0. The topological polar surface area (TPSA) is 75.3 Å². The molecule has 19 heavy (non-hydrogen) atoms. The van der Waals surface area contributed by atoms with Gasteiger partial charge in [0, 0.05) is 17.0 Å². The molecular formula is C13H13ClN2O3. The van der Waals surface area contributed by atoms with Crippen molar-refractivity contribution >= 4 is 29.3 Å². The molecule has 1 aromatic carbocycles. The van der Waals surface area contributed by atoms with Gasteiger partial charge in [0.1, 0.15) is 6.04 Å². The van der Waals surface area contributed by atoms with Gasteiger partial charge in [-0.2, -0.15) is 0 Å². The van der Waals surface area contributed by atoms with Crippen LogP contribution in [0.4, 0.5) is 0 Å². The number of carbonyl (C=O) groups excluding carboxylic acids is 3. The van der Waals surface area contributed by atoms with Crippen molar-refractivity contribution in [2.75, 3.05) is 0 Å². The Labute approximate surface area is 115 Å². The highest BCUT2D eigenvalue weighted by molar-refractivity contribution is 6.30. The number of hydrogen-bond acceptors (Lipinski definition) is 3. The first-order valence-corrected chi connectivity index (χ1v) is 6.26. The van der Waals surface area contributed by atoms with Gasteiger partial charge in [0.2, 0.25) is 11.8 Å². The second kappa shape index (κ2) is 5.40. The predicted molar refractivity (Wildman–Crippen MR) is 69.8 cm³/mol. The van der Waals surface area contributed by atoms with Gasteiger partial charge in [-0.15, -0.1) is 0 Å².